The highest BCUT2D eigenvalue weighted by Crippen LogP contribution is 2.41. The molecule has 0 amide bonds. The Morgan fingerprint density at radius 3 is 2.30 bits per heavy atom. The number of hydrogen-bond acceptors (Lipinski definition) is 3. The first kappa shape index (κ1) is 15.9. The van der Waals surface area contributed by atoms with Crippen molar-refractivity contribution in [1.29, 1.82) is 0 Å². The van der Waals surface area contributed by atoms with Gasteiger partial charge in [0, 0.05) is 23.8 Å². The summed E-state index contributed by atoms with van der Waals surface area (Å²) in [6.07, 6.45) is 0. The van der Waals surface area contributed by atoms with Gasteiger partial charge >= 0.3 is 0 Å². The summed E-state index contributed by atoms with van der Waals surface area (Å²) in [5, 5.41) is 0. The summed E-state index contributed by atoms with van der Waals surface area (Å²) in [5.41, 5.74) is 0.306. The molecule has 3 rings (SSSR count). The normalized spacial score (nSPS) is 17.8. The third-order valence-corrected chi connectivity index (χ3v) is 5.59. The average molecular weight is 339 g/mol. The van der Waals surface area contributed by atoms with Crippen LogP contribution < -0.4 is 9.46 Å². The van der Waals surface area contributed by atoms with Gasteiger partial charge in [-0.1, -0.05) is 6.07 Å². The molecule has 2 aromatic carbocycles. The Kier molecular flexibility index (Phi) is 3.46. The van der Waals surface area contributed by atoms with E-state index in [-0.39, 0.29) is 16.4 Å². The Bertz CT molecular complexity index is 888. The van der Waals surface area contributed by atoms with Crippen LogP contribution in [0.1, 0.15) is 25.0 Å². The lowest BCUT2D eigenvalue weighted by Crippen LogP contribution is -2.32. The molecule has 0 saturated heterocycles. The second kappa shape index (κ2) is 5.01. The van der Waals surface area contributed by atoms with Gasteiger partial charge in [-0.2, -0.15) is 0 Å². The summed E-state index contributed by atoms with van der Waals surface area (Å²) in [4.78, 5) is 0.150. The topological polar surface area (TPSA) is 55.4 Å². The quantitative estimate of drug-likeness (QED) is 0.910. The number of hydrogen-bond donors (Lipinski definition) is 1. The number of benzene rings is 2. The molecule has 122 valence electrons. The van der Waals surface area contributed by atoms with Crippen LogP contribution in [0, 0.1) is 18.6 Å². The van der Waals surface area contributed by atoms with Gasteiger partial charge in [0.2, 0.25) is 10.0 Å². The minimum absolute atomic E-state index is 0.0341. The lowest BCUT2D eigenvalue weighted by molar-refractivity contribution is 0.461. The van der Waals surface area contributed by atoms with Gasteiger partial charge in [0.25, 0.3) is 0 Å². The van der Waals surface area contributed by atoms with Crippen molar-refractivity contribution in [3.05, 3.63) is 53.1 Å². The number of halogens is 2. The maximum absolute atomic E-state index is 13.2. The summed E-state index contributed by atoms with van der Waals surface area (Å²) >= 11 is 0. The van der Waals surface area contributed by atoms with Gasteiger partial charge in [-0.15, -0.1) is 0 Å². The fourth-order valence-corrected chi connectivity index (χ4v) is 4.78. The number of fused-ring (bicyclic) bond motifs is 1. The highest BCUT2D eigenvalue weighted by Gasteiger charge is 2.41. The molecule has 7 heteroatoms. The maximum atomic E-state index is 13.2. The van der Waals surface area contributed by atoms with Gasteiger partial charge in [-0.25, -0.2) is 21.9 Å². The molecule has 0 fully saturated rings. The number of rotatable bonds is 2. The van der Waals surface area contributed by atoms with Crippen LogP contribution in [0.25, 0.3) is 0 Å². The van der Waals surface area contributed by atoms with Crippen molar-refractivity contribution in [1.82, 2.24) is 4.72 Å². The first-order valence-electron chi connectivity index (χ1n) is 6.92. The molecule has 1 aliphatic heterocycles. The minimum atomic E-state index is -3.65. The number of ether oxygens (including phenoxy) is 1. The van der Waals surface area contributed by atoms with Crippen molar-refractivity contribution >= 4 is 10.0 Å². The average Bonchev–Trinajstić information content (AvgIpc) is 2.56. The van der Waals surface area contributed by atoms with Gasteiger partial charge < -0.3 is 4.74 Å². The molecular formula is C16H15F2NO3S. The van der Waals surface area contributed by atoms with Gasteiger partial charge in [-0.05, 0) is 32.4 Å². The van der Waals surface area contributed by atoms with Gasteiger partial charge in [0.05, 0.1) is 10.4 Å². The Morgan fingerprint density at radius 2 is 1.70 bits per heavy atom. The summed E-state index contributed by atoms with van der Waals surface area (Å²) in [6.45, 7) is 5.13. The van der Waals surface area contributed by atoms with Crippen molar-refractivity contribution in [2.75, 3.05) is 0 Å². The fourth-order valence-electron chi connectivity index (χ4n) is 2.78. The Hall–Kier alpha value is -1.99. The second-order valence-corrected chi connectivity index (χ2v) is 7.62. The van der Waals surface area contributed by atoms with Crippen molar-refractivity contribution in [3.8, 4) is 11.5 Å². The van der Waals surface area contributed by atoms with E-state index in [9.17, 15) is 17.2 Å². The summed E-state index contributed by atoms with van der Waals surface area (Å²) in [5.74, 6) is -1.34. The first-order chi connectivity index (χ1) is 10.6. The van der Waals surface area contributed by atoms with E-state index in [1.165, 1.54) is 0 Å². The van der Waals surface area contributed by atoms with E-state index >= 15 is 0 Å². The Labute approximate surface area is 133 Å². The van der Waals surface area contributed by atoms with Crippen LogP contribution in [0.3, 0.4) is 0 Å². The molecule has 4 nitrogen and oxygen atoms in total. The van der Waals surface area contributed by atoms with E-state index in [1.54, 1.807) is 32.9 Å². The molecule has 1 N–H and O–H groups in total. The van der Waals surface area contributed by atoms with Crippen molar-refractivity contribution in [3.63, 3.8) is 0 Å². The molecule has 0 spiro atoms. The van der Waals surface area contributed by atoms with Gasteiger partial charge in [0.15, 0.2) is 0 Å². The minimum Gasteiger partial charge on any atom is -0.457 e. The van der Waals surface area contributed by atoms with E-state index in [0.717, 1.165) is 18.2 Å². The van der Waals surface area contributed by atoms with Crippen molar-refractivity contribution in [2.24, 2.45) is 0 Å². The highest BCUT2D eigenvalue weighted by molar-refractivity contribution is 7.90. The lowest BCUT2D eigenvalue weighted by Gasteiger charge is -2.18. The zero-order chi connectivity index (χ0) is 17.0. The zero-order valence-electron chi connectivity index (χ0n) is 12.8. The van der Waals surface area contributed by atoms with Crippen LogP contribution in [0.15, 0.2) is 35.2 Å². The largest absolute Gasteiger partial charge is 0.457 e. The molecule has 0 aromatic heterocycles. The standard InChI is InChI=1S/C16H15F2NO3S/c1-9-14(22-12-7-10(17)6-11(18)8-12)5-4-13-15(9)23(20,21)19-16(13,2)3/h4-8,19H,1-3H3. The molecule has 0 saturated carbocycles. The fraction of sp³-hybridized carbons (Fsp3) is 0.250. The predicted octanol–water partition coefficient (Wildman–Crippen LogP) is 3.59. The lowest BCUT2D eigenvalue weighted by atomic mass is 9.94. The van der Waals surface area contributed by atoms with Gasteiger partial charge in [0.1, 0.15) is 23.1 Å². The van der Waals surface area contributed by atoms with Crippen molar-refractivity contribution < 1.29 is 21.9 Å². The second-order valence-electron chi connectivity index (χ2n) is 6.00. The van der Waals surface area contributed by atoms with E-state index in [4.69, 9.17) is 4.74 Å². The molecule has 23 heavy (non-hydrogen) atoms. The Balaban J connectivity index is 2.10. The van der Waals surface area contributed by atoms with Gasteiger partial charge in [-0.3, -0.25) is 0 Å². The van der Waals surface area contributed by atoms with Crippen LogP contribution in [0.4, 0.5) is 8.78 Å². The maximum Gasteiger partial charge on any atom is 0.242 e. The van der Waals surface area contributed by atoms with Crippen LogP contribution >= 0.6 is 0 Å². The summed E-state index contributed by atoms with van der Waals surface area (Å²) in [7, 11) is -3.65. The third-order valence-electron chi connectivity index (χ3n) is 3.75. The first-order valence-corrected chi connectivity index (χ1v) is 8.40. The van der Waals surface area contributed by atoms with E-state index in [1.807, 2.05) is 0 Å². The monoisotopic (exact) mass is 339 g/mol. The van der Waals surface area contributed by atoms with Crippen LogP contribution in [0.2, 0.25) is 0 Å². The molecule has 2 aromatic rings. The molecule has 0 bridgehead atoms. The van der Waals surface area contributed by atoms with Crippen LogP contribution in [-0.4, -0.2) is 8.42 Å². The molecule has 0 radical (unpaired) electrons. The third kappa shape index (κ3) is 2.70. The summed E-state index contributed by atoms with van der Waals surface area (Å²) in [6, 6.07) is 6.05. The predicted molar refractivity (Wildman–Crippen MR) is 81.0 cm³/mol. The highest BCUT2D eigenvalue weighted by atomic mass is 32.2. The molecule has 0 atom stereocenters. The van der Waals surface area contributed by atoms with E-state index in [2.05, 4.69) is 4.72 Å². The summed E-state index contributed by atoms with van der Waals surface area (Å²) < 4.78 is 59.2. The van der Waals surface area contributed by atoms with E-state index < -0.39 is 27.2 Å². The smallest absolute Gasteiger partial charge is 0.242 e. The molecule has 1 aliphatic rings. The number of sulfonamides is 1. The molecule has 0 aliphatic carbocycles. The zero-order valence-corrected chi connectivity index (χ0v) is 13.6. The number of nitrogens with one attached hydrogen (secondary N) is 1. The molecular weight excluding hydrogens is 324 g/mol. The SMILES string of the molecule is Cc1c(Oc2cc(F)cc(F)c2)ccc2c1S(=O)(=O)NC2(C)C. The van der Waals surface area contributed by atoms with Crippen LogP contribution in [0.5, 0.6) is 11.5 Å². The van der Waals surface area contributed by atoms with Crippen LogP contribution in [-0.2, 0) is 15.6 Å². The van der Waals surface area contributed by atoms with E-state index in [0.29, 0.717) is 11.1 Å². The molecule has 0 unspecified atom stereocenters. The van der Waals surface area contributed by atoms with Crippen molar-refractivity contribution in [2.45, 2.75) is 31.2 Å². The molecule has 1 heterocycles. The Morgan fingerprint density at radius 1 is 1.09 bits per heavy atom.